The summed E-state index contributed by atoms with van der Waals surface area (Å²) in [6.07, 6.45) is 0. The molecule has 0 unspecified atom stereocenters. The van der Waals surface area contributed by atoms with E-state index in [1.54, 1.807) is 6.07 Å². The predicted octanol–water partition coefficient (Wildman–Crippen LogP) is 1.85. The van der Waals surface area contributed by atoms with Crippen LogP contribution in [0.5, 0.6) is 0 Å². The van der Waals surface area contributed by atoms with Gasteiger partial charge in [0, 0.05) is 5.39 Å². The Morgan fingerprint density at radius 2 is 2.29 bits per heavy atom. The van der Waals surface area contributed by atoms with E-state index in [0.717, 1.165) is 15.6 Å². The summed E-state index contributed by atoms with van der Waals surface area (Å²) in [5, 5.41) is 20.6. The molecular weight excluding hydrogens is 196 g/mol. The molecule has 0 spiro atoms. The molecule has 3 N–H and O–H groups in total. The van der Waals surface area contributed by atoms with Gasteiger partial charge in [-0.15, -0.1) is 11.3 Å². The Morgan fingerprint density at radius 1 is 1.50 bits per heavy atom. The van der Waals surface area contributed by atoms with Gasteiger partial charge in [0.1, 0.15) is 6.07 Å². The second-order valence-corrected chi connectivity index (χ2v) is 3.81. The molecule has 2 rings (SSSR count). The van der Waals surface area contributed by atoms with Gasteiger partial charge in [-0.2, -0.15) is 5.26 Å². The minimum Gasteiger partial charge on any atom is -0.396 e. The Labute approximate surface area is 85.0 Å². The first-order valence-electron chi connectivity index (χ1n) is 4.07. The van der Waals surface area contributed by atoms with Gasteiger partial charge in [0.05, 0.1) is 22.6 Å². The van der Waals surface area contributed by atoms with Crippen molar-refractivity contribution < 1.29 is 5.11 Å². The van der Waals surface area contributed by atoms with Crippen LogP contribution in [0.3, 0.4) is 0 Å². The molecular formula is C10H8N2OS. The normalized spacial score (nSPS) is 10.3. The summed E-state index contributed by atoms with van der Waals surface area (Å²) < 4.78 is 0.883. The number of aliphatic hydroxyl groups excluding tert-OH is 1. The van der Waals surface area contributed by atoms with Crippen molar-refractivity contribution in [2.24, 2.45) is 0 Å². The maximum atomic E-state index is 9.04. The van der Waals surface area contributed by atoms with Crippen LogP contribution in [-0.2, 0) is 6.61 Å². The molecule has 0 aliphatic carbocycles. The molecule has 0 aliphatic heterocycles. The third-order valence-electron chi connectivity index (χ3n) is 2.15. The topological polar surface area (TPSA) is 70.0 Å². The number of rotatable bonds is 1. The van der Waals surface area contributed by atoms with Gasteiger partial charge in [-0.05, 0) is 17.0 Å². The van der Waals surface area contributed by atoms with Crippen molar-refractivity contribution in [3.05, 3.63) is 28.6 Å². The number of fused-ring (bicyclic) bond motifs is 1. The zero-order chi connectivity index (χ0) is 10.1. The molecule has 0 radical (unpaired) electrons. The summed E-state index contributed by atoms with van der Waals surface area (Å²) in [5.74, 6) is 0. The van der Waals surface area contributed by atoms with Crippen LogP contribution >= 0.6 is 11.3 Å². The molecule has 4 heteroatoms. The van der Waals surface area contributed by atoms with E-state index in [1.165, 1.54) is 11.3 Å². The number of thiophene rings is 1. The smallest absolute Gasteiger partial charge is 0.101 e. The molecule has 1 aromatic carbocycles. The van der Waals surface area contributed by atoms with Crippen molar-refractivity contribution >= 4 is 27.1 Å². The number of nitrogens with zero attached hydrogens (tertiary/aromatic N) is 1. The molecule has 1 heterocycles. The molecule has 2 aromatic rings. The molecule has 0 saturated heterocycles. The highest BCUT2D eigenvalue weighted by Crippen LogP contribution is 2.32. The quantitative estimate of drug-likeness (QED) is 0.696. The minimum absolute atomic E-state index is 0.00530. The number of nitrogen functional groups attached to an aromatic ring is 1. The maximum absolute atomic E-state index is 9.04. The lowest BCUT2D eigenvalue weighted by atomic mass is 10.1. The van der Waals surface area contributed by atoms with Crippen LogP contribution in [-0.4, -0.2) is 5.11 Å². The largest absolute Gasteiger partial charge is 0.396 e. The number of hydrogen-bond acceptors (Lipinski definition) is 4. The molecule has 3 nitrogen and oxygen atoms in total. The third kappa shape index (κ3) is 1.15. The Balaban J connectivity index is 2.80. The number of benzene rings is 1. The van der Waals surface area contributed by atoms with E-state index in [4.69, 9.17) is 16.1 Å². The second kappa shape index (κ2) is 3.29. The van der Waals surface area contributed by atoms with E-state index in [0.29, 0.717) is 11.3 Å². The first-order chi connectivity index (χ1) is 6.77. The number of nitrogens with two attached hydrogens (primary N) is 1. The third-order valence-corrected chi connectivity index (χ3v) is 3.23. The van der Waals surface area contributed by atoms with E-state index in [1.807, 2.05) is 17.5 Å². The highest BCUT2D eigenvalue weighted by atomic mass is 32.1. The molecule has 0 atom stereocenters. The summed E-state index contributed by atoms with van der Waals surface area (Å²) in [6.45, 7) is 0.00530. The summed E-state index contributed by atoms with van der Waals surface area (Å²) in [7, 11) is 0. The first-order valence-corrected chi connectivity index (χ1v) is 4.95. The monoisotopic (exact) mass is 204 g/mol. The van der Waals surface area contributed by atoms with Crippen molar-refractivity contribution in [3.8, 4) is 6.07 Å². The van der Waals surface area contributed by atoms with E-state index in [-0.39, 0.29) is 6.61 Å². The lowest BCUT2D eigenvalue weighted by Crippen LogP contribution is -1.90. The van der Waals surface area contributed by atoms with Crippen molar-refractivity contribution in [3.63, 3.8) is 0 Å². The van der Waals surface area contributed by atoms with Gasteiger partial charge in [0.25, 0.3) is 0 Å². The number of anilines is 1. The fraction of sp³-hybridized carbons (Fsp3) is 0.100. The van der Waals surface area contributed by atoms with Crippen LogP contribution in [0.2, 0.25) is 0 Å². The molecule has 0 aliphatic rings. The van der Waals surface area contributed by atoms with Crippen molar-refractivity contribution in [2.75, 3.05) is 5.73 Å². The highest BCUT2D eigenvalue weighted by Gasteiger charge is 2.08. The molecule has 14 heavy (non-hydrogen) atoms. The van der Waals surface area contributed by atoms with Crippen LogP contribution in [0.1, 0.15) is 11.1 Å². The maximum Gasteiger partial charge on any atom is 0.101 e. The predicted molar refractivity (Wildman–Crippen MR) is 56.9 cm³/mol. The average Bonchev–Trinajstić information content (AvgIpc) is 2.62. The van der Waals surface area contributed by atoms with Crippen LogP contribution in [0.25, 0.3) is 10.1 Å². The zero-order valence-electron chi connectivity index (χ0n) is 7.32. The van der Waals surface area contributed by atoms with E-state index in [2.05, 4.69) is 0 Å². The van der Waals surface area contributed by atoms with Crippen LogP contribution in [0, 0.1) is 11.3 Å². The molecule has 1 aromatic heterocycles. The Bertz CT molecular complexity index is 525. The molecule has 70 valence electrons. The van der Waals surface area contributed by atoms with Gasteiger partial charge < -0.3 is 10.8 Å². The standard InChI is InChI=1S/C10H8N2OS/c11-3-6-1-2-8-7(4-13)5-14-10(8)9(6)12/h1-2,5,13H,4,12H2. The Kier molecular flexibility index (Phi) is 2.12. The Hall–Kier alpha value is -1.57. The number of nitriles is 1. The van der Waals surface area contributed by atoms with Crippen molar-refractivity contribution in [1.29, 1.82) is 5.26 Å². The van der Waals surface area contributed by atoms with Gasteiger partial charge in [0.2, 0.25) is 0 Å². The fourth-order valence-electron chi connectivity index (χ4n) is 1.39. The SMILES string of the molecule is N#Cc1ccc2c(CO)csc2c1N. The van der Waals surface area contributed by atoms with Crippen molar-refractivity contribution in [2.45, 2.75) is 6.61 Å². The molecule has 0 saturated carbocycles. The molecule has 0 fully saturated rings. The van der Waals surface area contributed by atoms with Gasteiger partial charge in [-0.25, -0.2) is 0 Å². The number of hydrogen-bond donors (Lipinski definition) is 2. The van der Waals surface area contributed by atoms with E-state index in [9.17, 15) is 0 Å². The zero-order valence-corrected chi connectivity index (χ0v) is 8.14. The van der Waals surface area contributed by atoms with Crippen LogP contribution in [0.15, 0.2) is 17.5 Å². The number of aliphatic hydroxyl groups is 1. The lowest BCUT2D eigenvalue weighted by Gasteiger charge is -1.99. The Morgan fingerprint density at radius 3 is 2.93 bits per heavy atom. The first kappa shape index (κ1) is 9.00. The summed E-state index contributed by atoms with van der Waals surface area (Å²) in [4.78, 5) is 0. The van der Waals surface area contributed by atoms with E-state index < -0.39 is 0 Å². The summed E-state index contributed by atoms with van der Waals surface area (Å²) >= 11 is 1.46. The highest BCUT2D eigenvalue weighted by molar-refractivity contribution is 7.18. The fourth-order valence-corrected chi connectivity index (χ4v) is 2.42. The average molecular weight is 204 g/mol. The lowest BCUT2D eigenvalue weighted by molar-refractivity contribution is 0.284. The summed E-state index contributed by atoms with van der Waals surface area (Å²) in [5.41, 5.74) is 7.66. The summed E-state index contributed by atoms with van der Waals surface area (Å²) in [6, 6.07) is 5.54. The van der Waals surface area contributed by atoms with Crippen LogP contribution < -0.4 is 5.73 Å². The van der Waals surface area contributed by atoms with E-state index >= 15 is 0 Å². The van der Waals surface area contributed by atoms with Gasteiger partial charge in [-0.1, -0.05) is 6.07 Å². The molecule has 0 bridgehead atoms. The van der Waals surface area contributed by atoms with Gasteiger partial charge in [0.15, 0.2) is 0 Å². The minimum atomic E-state index is 0.00530. The van der Waals surface area contributed by atoms with Gasteiger partial charge in [-0.3, -0.25) is 0 Å². The molecule has 0 amide bonds. The van der Waals surface area contributed by atoms with Crippen molar-refractivity contribution in [1.82, 2.24) is 0 Å². The van der Waals surface area contributed by atoms with Gasteiger partial charge >= 0.3 is 0 Å². The van der Waals surface area contributed by atoms with Crippen LogP contribution in [0.4, 0.5) is 5.69 Å². The second-order valence-electron chi connectivity index (χ2n) is 2.93.